The molecule has 0 atom stereocenters. The molecule has 150 valence electrons. The summed E-state index contributed by atoms with van der Waals surface area (Å²) in [7, 11) is 2.02. The van der Waals surface area contributed by atoms with Crippen molar-refractivity contribution in [2.45, 2.75) is 0 Å². The monoisotopic (exact) mass is 403 g/mol. The second-order valence-corrected chi connectivity index (χ2v) is 6.54. The van der Waals surface area contributed by atoms with Crippen molar-refractivity contribution < 1.29 is 36.0 Å². The van der Waals surface area contributed by atoms with Crippen LogP contribution in [0.2, 0.25) is 0 Å². The molecule has 0 aliphatic heterocycles. The lowest BCUT2D eigenvalue weighted by molar-refractivity contribution is -0.904. The first-order chi connectivity index (χ1) is 13.0. The summed E-state index contributed by atoms with van der Waals surface area (Å²) in [6.07, 6.45) is 1.82. The van der Waals surface area contributed by atoms with Crippen molar-refractivity contribution in [3.63, 3.8) is 0 Å². The Bertz CT molecular complexity index is 692. The van der Waals surface area contributed by atoms with E-state index in [4.69, 9.17) is 9.47 Å². The van der Waals surface area contributed by atoms with Crippen molar-refractivity contribution in [2.24, 2.45) is 0 Å². The fourth-order valence-electron chi connectivity index (χ4n) is 2.64. The van der Waals surface area contributed by atoms with E-state index in [2.05, 4.69) is 6.58 Å². The number of carbonyl (C=O) groups excluding carboxylic acids is 2. The molecule has 0 radical (unpaired) electrons. The zero-order chi connectivity index (χ0) is 19.5. The van der Waals surface area contributed by atoms with Crippen LogP contribution in [0, 0.1) is 0 Å². The largest absolute Gasteiger partial charge is 1.00 e. The third-order valence-corrected chi connectivity index (χ3v) is 4.32. The number of esters is 2. The van der Waals surface area contributed by atoms with Gasteiger partial charge < -0.3 is 26.4 Å². The van der Waals surface area contributed by atoms with Gasteiger partial charge in [-0.25, -0.2) is 9.59 Å². The van der Waals surface area contributed by atoms with Gasteiger partial charge in [0, 0.05) is 0 Å². The molecule has 28 heavy (non-hydrogen) atoms. The number of rotatable bonds is 10. The van der Waals surface area contributed by atoms with E-state index in [1.165, 1.54) is 0 Å². The minimum Gasteiger partial charge on any atom is -1.00 e. The molecule has 0 aromatic heterocycles. The molecule has 0 spiro atoms. The van der Waals surface area contributed by atoms with Crippen LogP contribution in [0.3, 0.4) is 0 Å². The first-order valence-electron chi connectivity index (χ1n) is 8.93. The van der Waals surface area contributed by atoms with E-state index in [-0.39, 0.29) is 37.6 Å². The molecule has 0 bridgehead atoms. The van der Waals surface area contributed by atoms with Crippen LogP contribution in [0.5, 0.6) is 0 Å². The molecule has 0 heterocycles. The predicted molar refractivity (Wildman–Crippen MR) is 104 cm³/mol. The van der Waals surface area contributed by atoms with Crippen molar-refractivity contribution in [1.82, 2.24) is 0 Å². The van der Waals surface area contributed by atoms with Crippen LogP contribution in [-0.2, 0) is 9.47 Å². The Morgan fingerprint density at radius 1 is 0.857 bits per heavy atom. The van der Waals surface area contributed by atoms with Gasteiger partial charge in [-0.15, -0.1) is 0 Å². The average Bonchev–Trinajstić information content (AvgIpc) is 2.69. The van der Waals surface area contributed by atoms with E-state index in [0.717, 1.165) is 0 Å². The minimum absolute atomic E-state index is 0. The smallest absolute Gasteiger partial charge is 0.338 e. The lowest BCUT2D eigenvalue weighted by atomic mass is 10.2. The highest BCUT2D eigenvalue weighted by Gasteiger charge is 2.22. The SMILES string of the molecule is C=CC[N+](C)(CCOC(=O)c1ccccc1)CCOC(=O)c1ccccc1.[Cl-]. The molecule has 6 heteroatoms. The Kier molecular flexibility index (Phi) is 9.99. The van der Waals surface area contributed by atoms with Gasteiger partial charge in [0.15, 0.2) is 0 Å². The zero-order valence-electron chi connectivity index (χ0n) is 16.1. The molecular formula is C22H26ClNO4. The van der Waals surface area contributed by atoms with E-state index in [1.54, 1.807) is 48.5 Å². The number of ether oxygens (including phenoxy) is 2. The van der Waals surface area contributed by atoms with Gasteiger partial charge in [-0.05, 0) is 30.3 Å². The first-order valence-corrected chi connectivity index (χ1v) is 8.93. The first kappa shape index (κ1) is 23.4. The third kappa shape index (κ3) is 7.55. The maximum absolute atomic E-state index is 12.0. The average molecular weight is 404 g/mol. The van der Waals surface area contributed by atoms with Gasteiger partial charge in [-0.1, -0.05) is 43.0 Å². The minimum atomic E-state index is -0.337. The number of hydrogen-bond acceptors (Lipinski definition) is 4. The van der Waals surface area contributed by atoms with E-state index >= 15 is 0 Å². The number of halogens is 1. The number of hydrogen-bond donors (Lipinski definition) is 0. The lowest BCUT2D eigenvalue weighted by Gasteiger charge is -2.33. The molecule has 0 unspecified atom stereocenters. The molecule has 2 aromatic carbocycles. The maximum atomic E-state index is 12.0. The van der Waals surface area contributed by atoms with E-state index in [0.29, 0.717) is 35.2 Å². The Balaban J connectivity index is 0.00000392. The molecule has 0 N–H and O–H groups in total. The Hall–Kier alpha value is -2.63. The summed E-state index contributed by atoms with van der Waals surface area (Å²) in [5.74, 6) is -0.674. The quantitative estimate of drug-likeness (QED) is 0.326. The van der Waals surface area contributed by atoms with Crippen LogP contribution in [0.4, 0.5) is 0 Å². The maximum Gasteiger partial charge on any atom is 0.338 e. The number of carbonyl (C=O) groups is 2. The highest BCUT2D eigenvalue weighted by molar-refractivity contribution is 5.89. The third-order valence-electron chi connectivity index (χ3n) is 4.32. The van der Waals surface area contributed by atoms with Gasteiger partial charge in [0.05, 0.1) is 24.7 Å². The summed E-state index contributed by atoms with van der Waals surface area (Å²) in [5, 5.41) is 0. The van der Waals surface area contributed by atoms with Crippen LogP contribution >= 0.6 is 0 Å². The van der Waals surface area contributed by atoms with Gasteiger partial charge in [0.2, 0.25) is 0 Å². The molecule has 2 aromatic rings. The summed E-state index contributed by atoms with van der Waals surface area (Å²) in [4.78, 5) is 24.1. The van der Waals surface area contributed by atoms with E-state index in [9.17, 15) is 9.59 Å². The summed E-state index contributed by atoms with van der Waals surface area (Å²) in [5.41, 5.74) is 1.07. The second-order valence-electron chi connectivity index (χ2n) is 6.54. The van der Waals surface area contributed by atoms with Crippen LogP contribution in [0.15, 0.2) is 73.3 Å². The number of nitrogens with zero attached hydrogens (tertiary/aromatic N) is 1. The Labute approximate surface area is 172 Å². The van der Waals surface area contributed by atoms with Crippen LogP contribution in [-0.4, -0.2) is 56.3 Å². The van der Waals surface area contributed by atoms with Gasteiger partial charge in [-0.2, -0.15) is 0 Å². The van der Waals surface area contributed by atoms with E-state index < -0.39 is 0 Å². The molecule has 5 nitrogen and oxygen atoms in total. The zero-order valence-corrected chi connectivity index (χ0v) is 16.8. The lowest BCUT2D eigenvalue weighted by Crippen LogP contribution is -3.00. The molecule has 0 amide bonds. The van der Waals surface area contributed by atoms with E-state index in [1.807, 2.05) is 25.3 Å². The van der Waals surface area contributed by atoms with Crippen molar-refractivity contribution >= 4 is 11.9 Å². The van der Waals surface area contributed by atoms with Crippen molar-refractivity contribution in [1.29, 1.82) is 0 Å². The summed E-state index contributed by atoms with van der Waals surface area (Å²) in [6, 6.07) is 17.8. The summed E-state index contributed by atoms with van der Waals surface area (Å²) >= 11 is 0. The number of likely N-dealkylation sites (N-methyl/N-ethyl adjacent to an activating group) is 1. The molecule has 0 fully saturated rings. The van der Waals surface area contributed by atoms with Crippen LogP contribution in [0.1, 0.15) is 20.7 Å². The molecule has 0 aliphatic rings. The summed E-state index contributed by atoms with van der Waals surface area (Å²) in [6.45, 7) is 6.26. The van der Waals surface area contributed by atoms with Crippen molar-refractivity contribution in [3.8, 4) is 0 Å². The predicted octanol–water partition coefficient (Wildman–Crippen LogP) is 0.337. The molecule has 2 rings (SSSR count). The van der Waals surface area contributed by atoms with Crippen LogP contribution < -0.4 is 12.4 Å². The van der Waals surface area contributed by atoms with Crippen LogP contribution in [0.25, 0.3) is 0 Å². The fourth-order valence-corrected chi connectivity index (χ4v) is 2.64. The van der Waals surface area contributed by atoms with Gasteiger partial charge in [0.25, 0.3) is 0 Å². The topological polar surface area (TPSA) is 52.6 Å². The molecule has 0 aliphatic carbocycles. The van der Waals surface area contributed by atoms with Crippen molar-refractivity contribution in [3.05, 3.63) is 84.4 Å². The fraction of sp³-hybridized carbons (Fsp3) is 0.273. The highest BCUT2D eigenvalue weighted by atomic mass is 35.5. The summed E-state index contributed by atoms with van der Waals surface area (Å²) < 4.78 is 11.3. The highest BCUT2D eigenvalue weighted by Crippen LogP contribution is 2.07. The second kappa shape index (κ2) is 12.0. The number of quaternary nitrogens is 1. The van der Waals surface area contributed by atoms with Gasteiger partial charge in [0.1, 0.15) is 26.3 Å². The normalized spacial score (nSPS) is 10.5. The standard InChI is InChI=1S/C22H26NO4.ClH/c1-3-14-23(2,15-17-26-21(24)19-10-6-4-7-11-19)16-18-27-22(25)20-12-8-5-9-13-20;/h3-13H,1,14-18H2,2H3;1H/q+1;/p-1. The Morgan fingerprint density at radius 2 is 1.25 bits per heavy atom. The molecule has 0 saturated heterocycles. The molecule has 0 saturated carbocycles. The van der Waals surface area contributed by atoms with Gasteiger partial charge >= 0.3 is 11.9 Å². The molecular weight excluding hydrogens is 378 g/mol. The Morgan fingerprint density at radius 3 is 1.61 bits per heavy atom. The number of benzene rings is 2. The van der Waals surface area contributed by atoms with Crippen molar-refractivity contribution in [2.75, 3.05) is 39.9 Å². The van der Waals surface area contributed by atoms with Gasteiger partial charge in [-0.3, -0.25) is 0 Å².